The summed E-state index contributed by atoms with van der Waals surface area (Å²) < 4.78 is 0. The summed E-state index contributed by atoms with van der Waals surface area (Å²) in [4.78, 5) is 29.1. The molecule has 0 aromatic heterocycles. The Labute approximate surface area is 239 Å². The second kappa shape index (κ2) is 11.6. The van der Waals surface area contributed by atoms with Gasteiger partial charge in [0.2, 0.25) is 5.91 Å². The molecule has 1 fully saturated rings. The molecule has 4 aromatic rings. The first-order chi connectivity index (χ1) is 18.9. The van der Waals surface area contributed by atoms with Gasteiger partial charge >= 0.3 is 0 Å². The molecule has 2 amide bonds. The van der Waals surface area contributed by atoms with Gasteiger partial charge in [-0.1, -0.05) is 102 Å². The van der Waals surface area contributed by atoms with Gasteiger partial charge in [0.05, 0.1) is 21.5 Å². The molecule has 1 N–H and O–H groups in total. The van der Waals surface area contributed by atoms with Gasteiger partial charge in [0.25, 0.3) is 5.91 Å². The number of hydrogen-bond acceptors (Lipinski definition) is 2. The topological polar surface area (TPSA) is 49.4 Å². The van der Waals surface area contributed by atoms with Crippen LogP contribution in [0.25, 0.3) is 11.1 Å². The van der Waals surface area contributed by atoms with Crippen LogP contribution >= 0.6 is 23.2 Å². The molecule has 0 saturated carbocycles. The van der Waals surface area contributed by atoms with Crippen molar-refractivity contribution < 1.29 is 9.59 Å². The van der Waals surface area contributed by atoms with E-state index in [0.29, 0.717) is 41.5 Å². The highest BCUT2D eigenvalue weighted by molar-refractivity contribution is 6.42. The van der Waals surface area contributed by atoms with Crippen LogP contribution in [0.5, 0.6) is 0 Å². The molecule has 1 aliphatic heterocycles. The van der Waals surface area contributed by atoms with Gasteiger partial charge in [0.1, 0.15) is 0 Å². The Morgan fingerprint density at radius 1 is 0.769 bits per heavy atom. The fourth-order valence-corrected chi connectivity index (χ4v) is 5.62. The standard InChI is InChI=1S/C33H30Cl2N2O2/c1-23(24-8-4-2-5-9-24)36-32(39)33(28-10-6-3-7-11-28)18-20-37(21-19-33)31(38)26-14-12-25(13-15-26)27-16-17-29(34)30(35)22-27/h2-17,22-23H,18-21H2,1H3,(H,36,39). The molecular weight excluding hydrogens is 527 g/mol. The highest BCUT2D eigenvalue weighted by Crippen LogP contribution is 2.37. The number of likely N-dealkylation sites (tertiary alicyclic amines) is 1. The van der Waals surface area contributed by atoms with Crippen LogP contribution in [0.2, 0.25) is 10.0 Å². The molecule has 39 heavy (non-hydrogen) atoms. The number of carbonyl (C=O) groups excluding carboxylic acids is 2. The summed E-state index contributed by atoms with van der Waals surface area (Å²) in [7, 11) is 0. The summed E-state index contributed by atoms with van der Waals surface area (Å²) in [5, 5.41) is 4.25. The third kappa shape index (κ3) is 5.73. The molecule has 5 rings (SSSR count). The van der Waals surface area contributed by atoms with Crippen molar-refractivity contribution in [2.24, 2.45) is 0 Å². The van der Waals surface area contributed by atoms with Crippen LogP contribution in [0.3, 0.4) is 0 Å². The fourth-order valence-electron chi connectivity index (χ4n) is 5.32. The molecule has 6 heteroatoms. The molecule has 1 saturated heterocycles. The van der Waals surface area contributed by atoms with E-state index >= 15 is 0 Å². The number of amides is 2. The van der Waals surface area contributed by atoms with Crippen molar-refractivity contribution in [3.63, 3.8) is 0 Å². The number of rotatable bonds is 6. The molecule has 1 aliphatic rings. The maximum Gasteiger partial charge on any atom is 0.253 e. The van der Waals surface area contributed by atoms with Gasteiger partial charge in [-0.15, -0.1) is 0 Å². The van der Waals surface area contributed by atoms with Crippen LogP contribution in [0.1, 0.15) is 47.3 Å². The highest BCUT2D eigenvalue weighted by Gasteiger charge is 2.44. The summed E-state index contributed by atoms with van der Waals surface area (Å²) in [5.41, 5.74) is 3.86. The van der Waals surface area contributed by atoms with E-state index in [1.165, 1.54) is 0 Å². The van der Waals surface area contributed by atoms with Crippen molar-refractivity contribution in [1.82, 2.24) is 10.2 Å². The SMILES string of the molecule is CC(NC(=O)C1(c2ccccc2)CCN(C(=O)c2ccc(-c3ccc(Cl)c(Cl)c3)cc2)CC1)c1ccccc1. The maximum atomic E-state index is 13.8. The third-order valence-electron chi connectivity index (χ3n) is 7.70. The Hall–Kier alpha value is -3.60. The minimum absolute atomic E-state index is 0.00290. The number of hydrogen-bond donors (Lipinski definition) is 1. The van der Waals surface area contributed by atoms with Crippen molar-refractivity contribution in [1.29, 1.82) is 0 Å². The Balaban J connectivity index is 1.31. The van der Waals surface area contributed by atoms with E-state index < -0.39 is 5.41 Å². The Morgan fingerprint density at radius 3 is 1.97 bits per heavy atom. The Kier molecular flexibility index (Phi) is 8.06. The van der Waals surface area contributed by atoms with Gasteiger partial charge in [-0.3, -0.25) is 9.59 Å². The molecule has 0 aliphatic carbocycles. The monoisotopic (exact) mass is 556 g/mol. The molecule has 1 unspecified atom stereocenters. The van der Waals surface area contributed by atoms with Crippen molar-refractivity contribution in [3.05, 3.63) is 130 Å². The first kappa shape index (κ1) is 27.0. The van der Waals surface area contributed by atoms with E-state index in [4.69, 9.17) is 23.2 Å². The first-order valence-electron chi connectivity index (χ1n) is 13.1. The van der Waals surface area contributed by atoms with Crippen LogP contribution in [0, 0.1) is 0 Å². The summed E-state index contributed by atoms with van der Waals surface area (Å²) in [6, 6.07) is 32.8. The van der Waals surface area contributed by atoms with Crippen molar-refractivity contribution >= 4 is 35.0 Å². The van der Waals surface area contributed by atoms with Crippen LogP contribution in [-0.2, 0) is 10.2 Å². The number of piperidine rings is 1. The summed E-state index contributed by atoms with van der Waals surface area (Å²) >= 11 is 12.2. The lowest BCUT2D eigenvalue weighted by Gasteiger charge is -2.41. The largest absolute Gasteiger partial charge is 0.349 e. The molecule has 4 nitrogen and oxygen atoms in total. The van der Waals surface area contributed by atoms with E-state index in [1.807, 2.05) is 109 Å². The van der Waals surface area contributed by atoms with Crippen molar-refractivity contribution in [3.8, 4) is 11.1 Å². The van der Waals surface area contributed by atoms with Gasteiger partial charge in [-0.05, 0) is 66.3 Å². The van der Waals surface area contributed by atoms with E-state index in [1.54, 1.807) is 6.07 Å². The smallest absolute Gasteiger partial charge is 0.253 e. The minimum atomic E-state index is -0.696. The van der Waals surface area contributed by atoms with E-state index in [0.717, 1.165) is 22.3 Å². The number of carbonyl (C=O) groups is 2. The number of halogens is 2. The first-order valence-corrected chi connectivity index (χ1v) is 13.9. The van der Waals surface area contributed by atoms with Crippen molar-refractivity contribution in [2.45, 2.75) is 31.2 Å². The summed E-state index contributed by atoms with van der Waals surface area (Å²) in [6.45, 7) is 3.00. The van der Waals surface area contributed by atoms with Gasteiger partial charge in [0, 0.05) is 18.7 Å². The zero-order valence-corrected chi connectivity index (χ0v) is 23.3. The zero-order chi connectivity index (χ0) is 27.4. The molecule has 0 radical (unpaired) electrons. The molecule has 0 bridgehead atoms. The molecule has 4 aromatic carbocycles. The van der Waals surface area contributed by atoms with Crippen LogP contribution in [0.15, 0.2) is 103 Å². The third-order valence-corrected chi connectivity index (χ3v) is 8.44. The van der Waals surface area contributed by atoms with Crippen LogP contribution in [-0.4, -0.2) is 29.8 Å². The van der Waals surface area contributed by atoms with Gasteiger partial charge in [0.15, 0.2) is 0 Å². The van der Waals surface area contributed by atoms with Gasteiger partial charge in [-0.2, -0.15) is 0 Å². The molecular formula is C33H30Cl2N2O2. The average Bonchev–Trinajstić information content (AvgIpc) is 2.99. The van der Waals surface area contributed by atoms with E-state index in [9.17, 15) is 9.59 Å². The summed E-state index contributed by atoms with van der Waals surface area (Å²) in [6.07, 6.45) is 1.11. The second-order valence-electron chi connectivity index (χ2n) is 10.1. The lowest BCUT2D eigenvalue weighted by Crippen LogP contribution is -2.53. The Morgan fingerprint density at radius 2 is 1.36 bits per heavy atom. The molecule has 1 atom stereocenters. The van der Waals surface area contributed by atoms with E-state index in [2.05, 4.69) is 5.32 Å². The second-order valence-corrected chi connectivity index (χ2v) is 10.9. The van der Waals surface area contributed by atoms with Gasteiger partial charge < -0.3 is 10.2 Å². The lowest BCUT2D eigenvalue weighted by atomic mass is 9.71. The zero-order valence-electron chi connectivity index (χ0n) is 21.7. The Bertz CT molecular complexity index is 1450. The van der Waals surface area contributed by atoms with Crippen LogP contribution in [0.4, 0.5) is 0 Å². The highest BCUT2D eigenvalue weighted by atomic mass is 35.5. The quantitative estimate of drug-likeness (QED) is 0.264. The molecule has 198 valence electrons. The molecule has 1 heterocycles. The number of nitrogens with zero attached hydrogens (tertiary/aromatic N) is 1. The minimum Gasteiger partial charge on any atom is -0.349 e. The lowest BCUT2D eigenvalue weighted by molar-refractivity contribution is -0.129. The van der Waals surface area contributed by atoms with Crippen molar-refractivity contribution in [2.75, 3.05) is 13.1 Å². The molecule has 0 spiro atoms. The number of nitrogens with one attached hydrogen (secondary N) is 1. The van der Waals surface area contributed by atoms with Crippen LogP contribution < -0.4 is 5.32 Å². The summed E-state index contributed by atoms with van der Waals surface area (Å²) in [5.74, 6) is -0.0291. The van der Waals surface area contributed by atoms with Gasteiger partial charge in [-0.25, -0.2) is 0 Å². The number of benzene rings is 4. The fraction of sp³-hybridized carbons (Fsp3) is 0.212. The average molecular weight is 558 g/mol. The maximum absolute atomic E-state index is 13.8. The predicted octanol–water partition coefficient (Wildman–Crippen LogP) is 7.71. The normalized spacial score (nSPS) is 15.4. The predicted molar refractivity (Wildman–Crippen MR) is 158 cm³/mol. The van der Waals surface area contributed by atoms with E-state index in [-0.39, 0.29) is 17.9 Å².